The zero-order chi connectivity index (χ0) is 14.5. The summed E-state index contributed by atoms with van der Waals surface area (Å²) in [6.45, 7) is 0. The average molecular weight is 270 g/mol. The summed E-state index contributed by atoms with van der Waals surface area (Å²) in [5.41, 5.74) is 2.99. The first kappa shape index (κ1) is 13.9. The Balaban J connectivity index is 2.28. The van der Waals surface area contributed by atoms with E-state index in [1.165, 1.54) is 0 Å². The summed E-state index contributed by atoms with van der Waals surface area (Å²) in [4.78, 5) is 18.4. The molecule has 0 unspecified atom stereocenters. The molecule has 0 aliphatic rings. The quantitative estimate of drug-likeness (QED) is 0.896. The molecule has 2 N–H and O–H groups in total. The van der Waals surface area contributed by atoms with Gasteiger partial charge in [0.2, 0.25) is 0 Å². The number of nitrogens with one attached hydrogen (secondary N) is 2. The second-order valence-corrected chi connectivity index (χ2v) is 4.54. The molecule has 1 amide bonds. The number of anilines is 3. The van der Waals surface area contributed by atoms with Gasteiger partial charge in [-0.1, -0.05) is 12.1 Å². The van der Waals surface area contributed by atoms with Gasteiger partial charge in [0, 0.05) is 33.0 Å². The Morgan fingerprint density at radius 1 is 1.15 bits per heavy atom. The van der Waals surface area contributed by atoms with E-state index in [1.54, 1.807) is 25.5 Å². The summed E-state index contributed by atoms with van der Waals surface area (Å²) in [5.74, 6) is -0.161. The molecule has 0 radical (unpaired) electrons. The highest BCUT2D eigenvalue weighted by molar-refractivity contribution is 6.09. The van der Waals surface area contributed by atoms with Crippen LogP contribution in [0, 0.1) is 0 Å². The SMILES string of the molecule is CNc1ccccc1C(=O)Nc1cnccc1N(C)C. The maximum atomic E-state index is 12.4. The normalized spacial score (nSPS) is 9.95. The van der Waals surface area contributed by atoms with E-state index in [0.29, 0.717) is 11.3 Å². The highest BCUT2D eigenvalue weighted by Crippen LogP contribution is 2.24. The van der Waals surface area contributed by atoms with Crippen molar-refractivity contribution < 1.29 is 4.79 Å². The zero-order valence-corrected chi connectivity index (χ0v) is 11.8. The van der Waals surface area contributed by atoms with E-state index in [1.807, 2.05) is 43.3 Å². The Morgan fingerprint density at radius 3 is 2.60 bits per heavy atom. The van der Waals surface area contributed by atoms with E-state index in [4.69, 9.17) is 0 Å². The zero-order valence-electron chi connectivity index (χ0n) is 11.8. The Kier molecular flexibility index (Phi) is 4.20. The molecule has 0 aliphatic carbocycles. The molecule has 0 spiro atoms. The van der Waals surface area contributed by atoms with Gasteiger partial charge in [0.25, 0.3) is 5.91 Å². The second-order valence-electron chi connectivity index (χ2n) is 4.54. The lowest BCUT2D eigenvalue weighted by Crippen LogP contribution is -2.17. The molecule has 2 rings (SSSR count). The standard InChI is InChI=1S/C15H18N4O/c1-16-12-7-5-4-6-11(12)15(20)18-13-10-17-9-8-14(13)19(2)3/h4-10,16H,1-3H3,(H,18,20). The van der Waals surface area contributed by atoms with Crippen LogP contribution < -0.4 is 15.5 Å². The number of nitrogens with zero attached hydrogens (tertiary/aromatic N) is 2. The number of carbonyl (C=O) groups is 1. The molecule has 0 fully saturated rings. The first-order valence-corrected chi connectivity index (χ1v) is 6.33. The third-order valence-electron chi connectivity index (χ3n) is 2.97. The Morgan fingerprint density at radius 2 is 1.90 bits per heavy atom. The maximum Gasteiger partial charge on any atom is 0.257 e. The minimum Gasteiger partial charge on any atom is -0.387 e. The van der Waals surface area contributed by atoms with Crippen molar-refractivity contribution in [1.29, 1.82) is 0 Å². The summed E-state index contributed by atoms with van der Waals surface area (Å²) in [7, 11) is 5.64. The number of para-hydroxylation sites is 1. The van der Waals surface area contributed by atoms with E-state index < -0.39 is 0 Å². The Hall–Kier alpha value is -2.56. The van der Waals surface area contributed by atoms with Crippen LogP contribution in [-0.2, 0) is 0 Å². The molecule has 2 aromatic rings. The molecule has 0 saturated heterocycles. The topological polar surface area (TPSA) is 57.3 Å². The van der Waals surface area contributed by atoms with E-state index in [0.717, 1.165) is 11.4 Å². The Bertz CT molecular complexity index is 610. The van der Waals surface area contributed by atoms with Gasteiger partial charge < -0.3 is 15.5 Å². The largest absolute Gasteiger partial charge is 0.387 e. The van der Waals surface area contributed by atoms with Crippen LogP contribution in [0.3, 0.4) is 0 Å². The van der Waals surface area contributed by atoms with Gasteiger partial charge in [-0.2, -0.15) is 0 Å². The van der Waals surface area contributed by atoms with Gasteiger partial charge in [-0.3, -0.25) is 9.78 Å². The van der Waals surface area contributed by atoms with Crippen LogP contribution in [0.15, 0.2) is 42.7 Å². The van der Waals surface area contributed by atoms with E-state index in [2.05, 4.69) is 15.6 Å². The number of benzene rings is 1. The summed E-state index contributed by atoms with van der Waals surface area (Å²) in [5, 5.41) is 5.91. The maximum absolute atomic E-state index is 12.4. The third-order valence-corrected chi connectivity index (χ3v) is 2.97. The number of pyridine rings is 1. The van der Waals surface area contributed by atoms with Gasteiger partial charge in [-0.25, -0.2) is 0 Å². The molecule has 0 saturated carbocycles. The van der Waals surface area contributed by atoms with Crippen molar-refractivity contribution in [3.8, 4) is 0 Å². The van der Waals surface area contributed by atoms with Crippen LogP contribution in [0.5, 0.6) is 0 Å². The lowest BCUT2D eigenvalue weighted by atomic mass is 10.1. The van der Waals surface area contributed by atoms with Gasteiger partial charge in [0.15, 0.2) is 0 Å². The molecule has 1 heterocycles. The molecule has 1 aromatic heterocycles. The van der Waals surface area contributed by atoms with E-state index in [-0.39, 0.29) is 5.91 Å². The van der Waals surface area contributed by atoms with Crippen molar-refractivity contribution in [2.45, 2.75) is 0 Å². The number of hydrogen-bond acceptors (Lipinski definition) is 4. The van der Waals surface area contributed by atoms with Crippen molar-refractivity contribution in [3.05, 3.63) is 48.3 Å². The molecule has 1 aromatic carbocycles. The fraction of sp³-hybridized carbons (Fsp3) is 0.200. The number of carbonyl (C=O) groups excluding carboxylic acids is 1. The molecule has 104 valence electrons. The molecule has 0 bridgehead atoms. The number of rotatable bonds is 4. The van der Waals surface area contributed by atoms with Crippen LogP contribution in [0.4, 0.5) is 17.1 Å². The number of amides is 1. The van der Waals surface area contributed by atoms with Gasteiger partial charge in [-0.15, -0.1) is 0 Å². The van der Waals surface area contributed by atoms with Crippen molar-refractivity contribution >= 4 is 23.0 Å². The lowest BCUT2D eigenvalue weighted by Gasteiger charge is -2.17. The van der Waals surface area contributed by atoms with Crippen LogP contribution in [0.25, 0.3) is 0 Å². The molecule has 5 nitrogen and oxygen atoms in total. The number of aromatic nitrogens is 1. The van der Waals surface area contributed by atoms with Crippen LogP contribution in [0.2, 0.25) is 0 Å². The first-order valence-electron chi connectivity index (χ1n) is 6.33. The van der Waals surface area contributed by atoms with Gasteiger partial charge in [0.05, 0.1) is 23.1 Å². The average Bonchev–Trinajstić information content (AvgIpc) is 2.47. The summed E-state index contributed by atoms with van der Waals surface area (Å²) in [6, 6.07) is 9.24. The van der Waals surface area contributed by atoms with Crippen molar-refractivity contribution in [2.24, 2.45) is 0 Å². The highest BCUT2D eigenvalue weighted by atomic mass is 16.1. The minimum absolute atomic E-state index is 0.161. The monoisotopic (exact) mass is 270 g/mol. The minimum atomic E-state index is -0.161. The van der Waals surface area contributed by atoms with Crippen LogP contribution in [0.1, 0.15) is 10.4 Å². The fourth-order valence-electron chi connectivity index (χ4n) is 1.96. The molecule has 0 atom stereocenters. The molecule has 5 heteroatoms. The van der Waals surface area contributed by atoms with Gasteiger partial charge in [-0.05, 0) is 18.2 Å². The summed E-state index contributed by atoms with van der Waals surface area (Å²) < 4.78 is 0. The highest BCUT2D eigenvalue weighted by Gasteiger charge is 2.13. The van der Waals surface area contributed by atoms with Crippen molar-refractivity contribution in [3.63, 3.8) is 0 Å². The van der Waals surface area contributed by atoms with Crippen LogP contribution >= 0.6 is 0 Å². The predicted octanol–water partition coefficient (Wildman–Crippen LogP) is 2.44. The lowest BCUT2D eigenvalue weighted by molar-refractivity contribution is 0.102. The smallest absolute Gasteiger partial charge is 0.257 e. The molecular formula is C15H18N4O. The van der Waals surface area contributed by atoms with Gasteiger partial charge in [0.1, 0.15) is 0 Å². The van der Waals surface area contributed by atoms with E-state index in [9.17, 15) is 4.79 Å². The second kappa shape index (κ2) is 6.06. The van der Waals surface area contributed by atoms with E-state index >= 15 is 0 Å². The summed E-state index contributed by atoms with van der Waals surface area (Å²) >= 11 is 0. The number of hydrogen-bond donors (Lipinski definition) is 2. The fourth-order valence-corrected chi connectivity index (χ4v) is 1.96. The van der Waals surface area contributed by atoms with Crippen molar-refractivity contribution in [1.82, 2.24) is 4.98 Å². The predicted molar refractivity (Wildman–Crippen MR) is 82.5 cm³/mol. The molecule has 20 heavy (non-hydrogen) atoms. The summed E-state index contributed by atoms with van der Waals surface area (Å²) in [6.07, 6.45) is 3.35. The molecular weight excluding hydrogens is 252 g/mol. The van der Waals surface area contributed by atoms with Crippen LogP contribution in [-0.4, -0.2) is 32.0 Å². The van der Waals surface area contributed by atoms with Crippen molar-refractivity contribution in [2.75, 3.05) is 36.7 Å². The van der Waals surface area contributed by atoms with Gasteiger partial charge >= 0.3 is 0 Å². The third kappa shape index (κ3) is 2.88. The molecule has 0 aliphatic heterocycles. The first-order chi connectivity index (χ1) is 9.63. The Labute approximate surface area is 118 Å².